The van der Waals surface area contributed by atoms with Crippen molar-refractivity contribution in [2.24, 2.45) is 0 Å². The van der Waals surface area contributed by atoms with E-state index in [0.29, 0.717) is 6.42 Å². The summed E-state index contributed by atoms with van der Waals surface area (Å²) in [7, 11) is -1.82. The van der Waals surface area contributed by atoms with E-state index in [2.05, 4.69) is 39.2 Å². The molecule has 4 heteroatoms. The lowest BCUT2D eigenvalue weighted by molar-refractivity contribution is -0.119. The van der Waals surface area contributed by atoms with Gasteiger partial charge in [-0.05, 0) is 37.2 Å². The second-order valence-corrected chi connectivity index (χ2v) is 10.8. The fraction of sp³-hybridized carbons (Fsp3) is 0.615. The highest BCUT2D eigenvalue weighted by molar-refractivity contribution is 6.74. The smallest absolute Gasteiger partial charge is 0.250 e. The highest BCUT2D eigenvalue weighted by Gasteiger charge is 2.39. The van der Waals surface area contributed by atoms with E-state index in [9.17, 15) is 4.79 Å². The van der Waals surface area contributed by atoms with Crippen LogP contribution >= 0.6 is 0 Å². The zero-order valence-corrected chi connectivity index (χ0v) is 12.7. The van der Waals surface area contributed by atoms with Crippen molar-refractivity contribution in [3.8, 4) is 0 Å². The maximum absolute atomic E-state index is 11.4. The molecule has 0 unspecified atom stereocenters. The van der Waals surface area contributed by atoms with Gasteiger partial charge >= 0.3 is 0 Å². The second-order valence-electron chi connectivity index (χ2n) is 6.05. The van der Waals surface area contributed by atoms with Crippen molar-refractivity contribution in [1.82, 2.24) is 5.32 Å². The van der Waals surface area contributed by atoms with Crippen LogP contribution in [0.5, 0.6) is 0 Å². The molecular weight excluding hydrogens is 230 g/mol. The second kappa shape index (κ2) is 4.68. The summed E-state index contributed by atoms with van der Waals surface area (Å²) in [4.78, 5) is 11.4. The Morgan fingerprint density at radius 1 is 1.35 bits per heavy atom. The lowest BCUT2D eigenvalue weighted by Gasteiger charge is -2.36. The van der Waals surface area contributed by atoms with E-state index in [0.717, 1.165) is 11.5 Å². The largest absolute Gasteiger partial charge is 0.544 e. The Bertz CT molecular complexity index is 375. The Morgan fingerprint density at radius 2 is 1.94 bits per heavy atom. The van der Waals surface area contributed by atoms with Gasteiger partial charge in [0.25, 0.3) is 0 Å². The van der Waals surface area contributed by atoms with Gasteiger partial charge in [0.15, 0.2) is 0 Å². The Balaban J connectivity index is 2.88. The summed E-state index contributed by atoms with van der Waals surface area (Å²) < 4.78 is 6.17. The van der Waals surface area contributed by atoms with Gasteiger partial charge in [-0.25, -0.2) is 0 Å². The Morgan fingerprint density at radius 3 is 2.47 bits per heavy atom. The number of hydrogen-bond donors (Lipinski definition) is 1. The summed E-state index contributed by atoms with van der Waals surface area (Å²) in [5.41, 5.74) is 0.845. The number of allylic oxidation sites excluding steroid dienone is 2. The van der Waals surface area contributed by atoms with Crippen molar-refractivity contribution >= 4 is 14.2 Å². The Labute approximate surface area is 105 Å². The minimum absolute atomic E-state index is 0.0209. The normalized spacial score (nSPS) is 17.9. The first-order chi connectivity index (χ1) is 7.62. The van der Waals surface area contributed by atoms with E-state index >= 15 is 0 Å². The van der Waals surface area contributed by atoms with Gasteiger partial charge < -0.3 is 9.74 Å². The van der Waals surface area contributed by atoms with E-state index in [4.69, 9.17) is 4.43 Å². The number of hydrogen-bond acceptors (Lipinski definition) is 2. The van der Waals surface area contributed by atoms with Crippen LogP contribution < -0.4 is 5.32 Å². The van der Waals surface area contributed by atoms with Crippen molar-refractivity contribution in [1.29, 1.82) is 0 Å². The van der Waals surface area contributed by atoms with Crippen LogP contribution in [-0.2, 0) is 9.22 Å². The number of rotatable bonds is 2. The first-order valence-corrected chi connectivity index (χ1v) is 8.90. The Kier molecular flexibility index (Phi) is 3.87. The highest BCUT2D eigenvalue weighted by Crippen LogP contribution is 2.38. The number of amides is 1. The molecule has 0 aromatic rings. The molecule has 0 spiro atoms. The number of carbonyl (C=O) groups is 1. The third kappa shape index (κ3) is 3.73. The fourth-order valence-electron chi connectivity index (χ4n) is 1.29. The van der Waals surface area contributed by atoms with Crippen molar-refractivity contribution in [2.45, 2.75) is 52.2 Å². The van der Waals surface area contributed by atoms with Crippen molar-refractivity contribution in [3.63, 3.8) is 0 Å². The summed E-state index contributed by atoms with van der Waals surface area (Å²) in [6, 6.07) is 0. The molecule has 1 aliphatic rings. The summed E-state index contributed by atoms with van der Waals surface area (Å²) in [6.07, 6.45) is 4.16. The molecule has 1 rings (SSSR count). The van der Waals surface area contributed by atoms with Crippen LogP contribution in [0.2, 0.25) is 18.1 Å². The third-order valence-corrected chi connectivity index (χ3v) is 7.72. The summed E-state index contributed by atoms with van der Waals surface area (Å²) in [5.74, 6) is 0.847. The molecule has 0 bridgehead atoms. The molecule has 17 heavy (non-hydrogen) atoms. The monoisotopic (exact) mass is 253 g/mol. The maximum atomic E-state index is 11.4. The molecule has 1 heterocycles. The molecule has 1 N–H and O–H groups in total. The van der Waals surface area contributed by atoms with Crippen LogP contribution in [0.4, 0.5) is 0 Å². The summed E-state index contributed by atoms with van der Waals surface area (Å²) >= 11 is 0. The van der Waals surface area contributed by atoms with Gasteiger partial charge in [0.05, 0.1) is 0 Å². The van der Waals surface area contributed by atoms with Crippen molar-refractivity contribution < 1.29 is 9.22 Å². The van der Waals surface area contributed by atoms with Gasteiger partial charge in [0.1, 0.15) is 5.76 Å². The maximum Gasteiger partial charge on any atom is 0.250 e. The fourth-order valence-corrected chi connectivity index (χ4v) is 2.33. The van der Waals surface area contributed by atoms with Gasteiger partial charge in [-0.1, -0.05) is 20.8 Å². The molecular formula is C13H23NO2Si. The van der Waals surface area contributed by atoms with Gasteiger partial charge in [0, 0.05) is 12.1 Å². The van der Waals surface area contributed by atoms with Gasteiger partial charge in [-0.3, -0.25) is 4.79 Å². The molecule has 96 valence electrons. The third-order valence-electron chi connectivity index (χ3n) is 3.36. The number of carbonyl (C=O) groups excluding carboxylic acids is 1. The minimum atomic E-state index is -1.82. The van der Waals surface area contributed by atoms with E-state index in [1.165, 1.54) is 0 Å². The van der Waals surface area contributed by atoms with E-state index in [-0.39, 0.29) is 10.9 Å². The molecule has 0 fully saturated rings. The van der Waals surface area contributed by atoms with Crippen LogP contribution in [0, 0.1) is 0 Å². The van der Waals surface area contributed by atoms with Crippen LogP contribution in [0.3, 0.4) is 0 Å². The van der Waals surface area contributed by atoms with Crippen LogP contribution in [0.25, 0.3) is 0 Å². The SMILES string of the molecule is CC1=CC(O[Si](C)(C)C(C)(C)C)=CCC(=O)N1. The van der Waals surface area contributed by atoms with Crippen LogP contribution in [0.1, 0.15) is 34.1 Å². The Hall–Kier alpha value is -1.03. The topological polar surface area (TPSA) is 38.3 Å². The highest BCUT2D eigenvalue weighted by atomic mass is 28.4. The van der Waals surface area contributed by atoms with E-state index < -0.39 is 8.32 Å². The van der Waals surface area contributed by atoms with Crippen LogP contribution in [0.15, 0.2) is 23.6 Å². The minimum Gasteiger partial charge on any atom is -0.544 e. The predicted octanol–water partition coefficient (Wildman–Crippen LogP) is 3.32. The average Bonchev–Trinajstić information content (AvgIpc) is 2.24. The summed E-state index contributed by atoms with van der Waals surface area (Å²) in [5, 5.41) is 2.97. The molecule has 0 radical (unpaired) electrons. The van der Waals surface area contributed by atoms with E-state index in [1.54, 1.807) is 0 Å². The molecule has 0 atom stereocenters. The molecule has 3 nitrogen and oxygen atoms in total. The van der Waals surface area contributed by atoms with E-state index in [1.807, 2.05) is 19.1 Å². The average molecular weight is 253 g/mol. The first-order valence-electron chi connectivity index (χ1n) is 5.99. The van der Waals surface area contributed by atoms with Crippen molar-refractivity contribution in [2.75, 3.05) is 0 Å². The molecule has 1 aliphatic heterocycles. The molecule has 0 saturated carbocycles. The molecule has 0 aromatic heterocycles. The first kappa shape index (κ1) is 14.0. The van der Waals surface area contributed by atoms with Gasteiger partial charge in [0.2, 0.25) is 14.2 Å². The lowest BCUT2D eigenvalue weighted by atomic mass is 10.2. The standard InChI is InChI=1S/C13H23NO2Si/c1-10-9-11(7-8-12(15)14-10)16-17(5,6)13(2,3)4/h7,9H,8H2,1-6H3,(H,14,15). The molecule has 0 aromatic carbocycles. The zero-order valence-electron chi connectivity index (χ0n) is 11.7. The number of nitrogens with one attached hydrogen (secondary N) is 1. The lowest BCUT2D eigenvalue weighted by Crippen LogP contribution is -2.40. The predicted molar refractivity (Wildman–Crippen MR) is 72.9 cm³/mol. The van der Waals surface area contributed by atoms with Gasteiger partial charge in [-0.15, -0.1) is 0 Å². The molecule has 0 saturated heterocycles. The molecule has 1 amide bonds. The molecule has 0 aliphatic carbocycles. The van der Waals surface area contributed by atoms with Crippen LogP contribution in [-0.4, -0.2) is 14.2 Å². The quantitative estimate of drug-likeness (QED) is 0.767. The summed E-state index contributed by atoms with van der Waals surface area (Å²) in [6.45, 7) is 12.9. The van der Waals surface area contributed by atoms with Crippen molar-refractivity contribution in [3.05, 3.63) is 23.6 Å². The zero-order chi connectivity index (χ0) is 13.3. The van der Waals surface area contributed by atoms with Gasteiger partial charge in [-0.2, -0.15) is 0 Å².